The molecule has 0 aliphatic rings. The van der Waals surface area contributed by atoms with Crippen LogP contribution in [0.3, 0.4) is 0 Å². The number of anilines is 2. The molecule has 0 saturated carbocycles. The number of benzene rings is 1. The molecule has 1 heterocycles. The van der Waals surface area contributed by atoms with Gasteiger partial charge in [-0.05, 0) is 39.3 Å². The minimum absolute atomic E-state index is 0.147. The third-order valence-corrected chi connectivity index (χ3v) is 3.51. The highest BCUT2D eigenvalue weighted by molar-refractivity contribution is 5.66. The third-order valence-electron chi connectivity index (χ3n) is 3.51. The Hall–Kier alpha value is -2.51. The minimum atomic E-state index is -4.74. The lowest BCUT2D eigenvalue weighted by Gasteiger charge is -2.16. The van der Waals surface area contributed by atoms with Crippen molar-refractivity contribution in [1.29, 1.82) is 0 Å². The van der Waals surface area contributed by atoms with Crippen molar-refractivity contribution in [2.45, 2.75) is 52.6 Å². The second-order valence-electron chi connectivity index (χ2n) is 6.29. The van der Waals surface area contributed by atoms with Gasteiger partial charge in [-0.25, -0.2) is 4.98 Å². The Morgan fingerprint density at radius 3 is 2.42 bits per heavy atom. The first-order chi connectivity index (χ1) is 12.2. The summed E-state index contributed by atoms with van der Waals surface area (Å²) in [7, 11) is 0. The van der Waals surface area contributed by atoms with Crippen LogP contribution in [0.25, 0.3) is 11.3 Å². The molecule has 5 nitrogen and oxygen atoms in total. The van der Waals surface area contributed by atoms with Crippen LogP contribution in [0.4, 0.5) is 24.9 Å². The van der Waals surface area contributed by atoms with Crippen LogP contribution in [0.15, 0.2) is 30.3 Å². The first-order valence-electron chi connectivity index (χ1n) is 8.44. The Bertz CT molecular complexity index is 735. The Balaban J connectivity index is 2.40. The van der Waals surface area contributed by atoms with Gasteiger partial charge in [0.2, 0.25) is 5.95 Å². The zero-order valence-electron chi connectivity index (χ0n) is 15.2. The van der Waals surface area contributed by atoms with Crippen LogP contribution in [0.5, 0.6) is 5.75 Å². The number of nitrogens with one attached hydrogen (secondary N) is 2. The summed E-state index contributed by atoms with van der Waals surface area (Å²) in [4.78, 5) is 8.86. The normalized spacial score (nSPS) is 12.8. The highest BCUT2D eigenvalue weighted by Crippen LogP contribution is 2.28. The van der Waals surface area contributed by atoms with Crippen molar-refractivity contribution in [2.75, 3.05) is 10.6 Å². The zero-order valence-corrected chi connectivity index (χ0v) is 15.2. The summed E-state index contributed by atoms with van der Waals surface area (Å²) in [6, 6.07) is 7.75. The number of halogens is 3. The molecule has 2 rings (SSSR count). The van der Waals surface area contributed by atoms with Gasteiger partial charge >= 0.3 is 6.36 Å². The van der Waals surface area contributed by atoms with Crippen LogP contribution < -0.4 is 15.4 Å². The first kappa shape index (κ1) is 19.8. The molecule has 0 aliphatic heterocycles. The lowest BCUT2D eigenvalue weighted by molar-refractivity contribution is -0.274. The molecule has 1 atom stereocenters. The monoisotopic (exact) mass is 368 g/mol. The molecule has 0 fully saturated rings. The van der Waals surface area contributed by atoms with Crippen LogP contribution in [-0.4, -0.2) is 28.4 Å². The fourth-order valence-corrected chi connectivity index (χ4v) is 2.20. The van der Waals surface area contributed by atoms with Crippen LogP contribution in [-0.2, 0) is 0 Å². The number of ether oxygens (including phenoxy) is 1. The zero-order chi connectivity index (χ0) is 19.3. The first-order valence-corrected chi connectivity index (χ1v) is 8.44. The number of rotatable bonds is 7. The molecule has 142 valence electrons. The smallest absolute Gasteiger partial charge is 0.406 e. The summed E-state index contributed by atoms with van der Waals surface area (Å²) in [5.74, 6) is 0.725. The molecule has 2 aromatic rings. The lowest BCUT2D eigenvalue weighted by Crippen LogP contribution is -2.18. The van der Waals surface area contributed by atoms with Gasteiger partial charge in [0.15, 0.2) is 0 Å². The Labute approximate surface area is 151 Å². The van der Waals surface area contributed by atoms with E-state index in [2.05, 4.69) is 25.3 Å². The van der Waals surface area contributed by atoms with Gasteiger partial charge in [-0.1, -0.05) is 19.1 Å². The van der Waals surface area contributed by atoms with Crippen molar-refractivity contribution < 1.29 is 17.9 Å². The maximum atomic E-state index is 12.5. The summed E-state index contributed by atoms with van der Waals surface area (Å²) < 4.78 is 41.4. The molecule has 0 saturated heterocycles. The van der Waals surface area contributed by atoms with Crippen molar-refractivity contribution in [1.82, 2.24) is 9.97 Å². The highest BCUT2D eigenvalue weighted by atomic mass is 19.4. The SMILES string of the molecule is CC[C@H](C)Nc1nc(NC(C)C)cc(-c2cccc(OC(F)(F)F)c2)n1. The van der Waals surface area contributed by atoms with Crippen LogP contribution in [0.1, 0.15) is 34.1 Å². The average Bonchev–Trinajstić information content (AvgIpc) is 2.52. The Morgan fingerprint density at radius 2 is 1.81 bits per heavy atom. The van der Waals surface area contributed by atoms with Crippen molar-refractivity contribution in [3.8, 4) is 17.0 Å². The number of aromatic nitrogens is 2. The van der Waals surface area contributed by atoms with Crippen molar-refractivity contribution >= 4 is 11.8 Å². The predicted molar refractivity (Wildman–Crippen MR) is 96.3 cm³/mol. The van der Waals surface area contributed by atoms with Crippen LogP contribution >= 0.6 is 0 Å². The number of hydrogen-bond donors (Lipinski definition) is 2. The van der Waals surface area contributed by atoms with Crippen LogP contribution in [0.2, 0.25) is 0 Å². The summed E-state index contributed by atoms with van der Waals surface area (Å²) in [6.45, 7) is 7.98. The summed E-state index contributed by atoms with van der Waals surface area (Å²) >= 11 is 0. The van der Waals surface area contributed by atoms with Gasteiger partial charge < -0.3 is 15.4 Å². The van der Waals surface area contributed by atoms with E-state index in [4.69, 9.17) is 0 Å². The lowest BCUT2D eigenvalue weighted by atomic mass is 10.1. The Morgan fingerprint density at radius 1 is 1.08 bits per heavy atom. The summed E-state index contributed by atoms with van der Waals surface area (Å²) in [5.41, 5.74) is 1.01. The molecule has 26 heavy (non-hydrogen) atoms. The number of nitrogens with zero attached hydrogens (tertiary/aromatic N) is 2. The van der Waals surface area contributed by atoms with Gasteiger partial charge in [0.25, 0.3) is 0 Å². The molecular formula is C18H23F3N4O. The second-order valence-corrected chi connectivity index (χ2v) is 6.29. The molecule has 2 N–H and O–H groups in total. The van der Waals surface area contributed by atoms with E-state index >= 15 is 0 Å². The summed E-state index contributed by atoms with van der Waals surface area (Å²) in [6.07, 6.45) is -3.85. The van der Waals surface area contributed by atoms with Crippen molar-refractivity contribution in [3.63, 3.8) is 0 Å². The summed E-state index contributed by atoms with van der Waals surface area (Å²) in [5, 5.41) is 6.39. The fraction of sp³-hybridized carbons (Fsp3) is 0.444. The third kappa shape index (κ3) is 6.09. The molecule has 0 unspecified atom stereocenters. The minimum Gasteiger partial charge on any atom is -0.406 e. The predicted octanol–water partition coefficient (Wildman–Crippen LogP) is 5.07. The van der Waals surface area contributed by atoms with E-state index < -0.39 is 6.36 Å². The van der Waals surface area contributed by atoms with Gasteiger partial charge in [0.05, 0.1) is 5.69 Å². The van der Waals surface area contributed by atoms with Gasteiger partial charge in [0.1, 0.15) is 11.6 Å². The fourth-order valence-electron chi connectivity index (χ4n) is 2.20. The van der Waals surface area contributed by atoms with Crippen LogP contribution in [0, 0.1) is 0 Å². The van der Waals surface area contributed by atoms with E-state index in [1.807, 2.05) is 27.7 Å². The molecule has 0 spiro atoms. The molecule has 0 bridgehead atoms. The molecule has 0 radical (unpaired) electrons. The molecular weight excluding hydrogens is 345 g/mol. The standard InChI is InChI=1S/C18H23F3N4O/c1-5-12(4)23-17-24-15(10-16(25-17)22-11(2)3)13-7-6-8-14(9-13)26-18(19,20)21/h6-12H,5H2,1-4H3,(H2,22,23,24,25)/t12-/m0/s1. The maximum Gasteiger partial charge on any atom is 0.573 e. The molecule has 8 heteroatoms. The van der Waals surface area contributed by atoms with Crippen molar-refractivity contribution in [3.05, 3.63) is 30.3 Å². The number of alkyl halides is 3. The molecule has 1 aromatic heterocycles. The largest absolute Gasteiger partial charge is 0.573 e. The van der Waals surface area contributed by atoms with E-state index in [0.717, 1.165) is 6.42 Å². The van der Waals surface area contributed by atoms with E-state index in [9.17, 15) is 13.2 Å². The topological polar surface area (TPSA) is 59.1 Å². The Kier molecular flexibility index (Phi) is 6.28. The molecule has 0 amide bonds. The van der Waals surface area contributed by atoms with E-state index in [0.29, 0.717) is 23.0 Å². The van der Waals surface area contributed by atoms with E-state index in [1.54, 1.807) is 12.1 Å². The van der Waals surface area contributed by atoms with Gasteiger partial charge in [-0.15, -0.1) is 13.2 Å². The van der Waals surface area contributed by atoms with Gasteiger partial charge in [-0.3, -0.25) is 0 Å². The van der Waals surface area contributed by atoms with E-state index in [-0.39, 0.29) is 17.8 Å². The van der Waals surface area contributed by atoms with Gasteiger partial charge in [-0.2, -0.15) is 4.98 Å². The molecule has 1 aromatic carbocycles. The second kappa shape index (κ2) is 8.25. The average molecular weight is 368 g/mol. The maximum absolute atomic E-state index is 12.5. The highest BCUT2D eigenvalue weighted by Gasteiger charge is 2.31. The number of hydrogen-bond acceptors (Lipinski definition) is 5. The van der Waals surface area contributed by atoms with E-state index in [1.165, 1.54) is 18.2 Å². The van der Waals surface area contributed by atoms with Gasteiger partial charge in [0, 0.05) is 23.7 Å². The molecule has 0 aliphatic carbocycles. The quantitative estimate of drug-likeness (QED) is 0.714. The van der Waals surface area contributed by atoms with Crippen molar-refractivity contribution in [2.24, 2.45) is 0 Å².